The van der Waals surface area contributed by atoms with Crippen molar-refractivity contribution >= 4 is 21.8 Å². The number of nitrogens with zero attached hydrogens (tertiary/aromatic N) is 4. The Labute approximate surface area is 203 Å². The number of likely N-dealkylation sites (N-methyl/N-ethyl adjacent to an activating group) is 3. The molecule has 11 heteroatoms. The van der Waals surface area contributed by atoms with Crippen LogP contribution in [0.2, 0.25) is 0 Å². The fourth-order valence-electron chi connectivity index (χ4n) is 3.58. The molecule has 0 aromatic heterocycles. The number of rotatable bonds is 8. The number of carbonyl (C=O) groups excluding carboxylic acids is 1. The summed E-state index contributed by atoms with van der Waals surface area (Å²) in [6.07, 6.45) is -2.29. The molecule has 0 unspecified atom stereocenters. The average molecular weight is 509 g/mol. The molecular weight excluding hydrogens is 481 g/mol. The maximum atomic E-state index is 13.2. The van der Waals surface area contributed by atoms with Crippen LogP contribution in [0.15, 0.2) is 70.6 Å². The van der Waals surface area contributed by atoms with Gasteiger partial charge in [-0.2, -0.15) is 17.5 Å². The van der Waals surface area contributed by atoms with E-state index in [1.165, 1.54) is 23.1 Å². The van der Waals surface area contributed by atoms with E-state index in [-0.39, 0.29) is 12.5 Å². The Morgan fingerprint density at radius 1 is 1.11 bits per heavy atom. The van der Waals surface area contributed by atoms with E-state index in [1.807, 2.05) is 31.3 Å². The van der Waals surface area contributed by atoms with Crippen molar-refractivity contribution in [1.82, 2.24) is 14.1 Å². The van der Waals surface area contributed by atoms with Crippen molar-refractivity contribution < 1.29 is 26.4 Å². The highest BCUT2D eigenvalue weighted by Gasteiger charge is 2.37. The smallest absolute Gasteiger partial charge is 0.358 e. The van der Waals surface area contributed by atoms with Crippen LogP contribution in [0, 0.1) is 0 Å². The molecule has 0 bridgehead atoms. The molecule has 3 rings (SSSR count). The van der Waals surface area contributed by atoms with Crippen LogP contribution in [0.4, 0.5) is 13.2 Å². The minimum atomic E-state index is -4.81. The van der Waals surface area contributed by atoms with Crippen molar-refractivity contribution in [3.8, 4) is 0 Å². The lowest BCUT2D eigenvalue weighted by Gasteiger charge is -2.19. The monoisotopic (exact) mass is 508 g/mol. The van der Waals surface area contributed by atoms with Gasteiger partial charge in [-0.25, -0.2) is 8.42 Å². The first-order valence-electron chi connectivity index (χ1n) is 10.8. The van der Waals surface area contributed by atoms with Crippen LogP contribution in [0.5, 0.6) is 0 Å². The van der Waals surface area contributed by atoms with Crippen molar-refractivity contribution in [3.63, 3.8) is 0 Å². The minimum Gasteiger partial charge on any atom is -0.358 e. The van der Waals surface area contributed by atoms with Crippen molar-refractivity contribution in [1.29, 1.82) is 0 Å². The second-order valence-corrected chi connectivity index (χ2v) is 10.2. The van der Waals surface area contributed by atoms with Gasteiger partial charge >= 0.3 is 6.18 Å². The number of amidine groups is 1. The maximum absolute atomic E-state index is 13.2. The Bertz CT molecular complexity index is 1230. The second-order valence-electron chi connectivity index (χ2n) is 8.20. The fraction of sp³-hybridized carbons (Fsp3) is 0.333. The predicted molar refractivity (Wildman–Crippen MR) is 127 cm³/mol. The fourth-order valence-corrected chi connectivity index (χ4v) is 4.91. The van der Waals surface area contributed by atoms with Crippen molar-refractivity contribution in [3.05, 3.63) is 77.4 Å². The molecule has 0 atom stereocenters. The standard InChI is InChI=1S/C24H27F3N4O3S/c1-29-16-14-28-23(29)19-12-10-18(11-13-19)17-30(2)22(32)9-6-15-31(3)35(33,34)21-8-5-4-7-20(21)24(25,26)27/h4-13H,14-17H2,1-3H3/b9-6+. The van der Waals surface area contributed by atoms with Crippen molar-refractivity contribution in [2.75, 3.05) is 40.8 Å². The molecule has 0 fully saturated rings. The lowest BCUT2D eigenvalue weighted by Crippen LogP contribution is -2.29. The first-order chi connectivity index (χ1) is 16.4. The number of sulfonamides is 1. The Morgan fingerprint density at radius 3 is 2.37 bits per heavy atom. The molecule has 0 saturated carbocycles. The first-order valence-corrected chi connectivity index (χ1v) is 12.2. The summed E-state index contributed by atoms with van der Waals surface area (Å²) in [5.74, 6) is 0.566. The van der Waals surface area contributed by atoms with E-state index in [0.29, 0.717) is 6.54 Å². The molecule has 0 N–H and O–H groups in total. The van der Waals surface area contributed by atoms with Gasteiger partial charge in [0.1, 0.15) is 5.84 Å². The molecule has 1 aliphatic rings. The molecule has 7 nitrogen and oxygen atoms in total. The molecule has 1 aliphatic heterocycles. The van der Waals surface area contributed by atoms with Gasteiger partial charge in [-0.1, -0.05) is 42.5 Å². The number of carbonyl (C=O) groups is 1. The zero-order valence-corrected chi connectivity index (χ0v) is 20.5. The summed E-state index contributed by atoms with van der Waals surface area (Å²) in [7, 11) is 0.340. The van der Waals surface area contributed by atoms with E-state index < -0.39 is 26.7 Å². The van der Waals surface area contributed by atoms with Gasteiger partial charge in [-0.3, -0.25) is 9.79 Å². The highest BCUT2D eigenvalue weighted by atomic mass is 32.2. The summed E-state index contributed by atoms with van der Waals surface area (Å²) in [5, 5.41) is 0. The van der Waals surface area contributed by atoms with Crippen LogP contribution in [-0.2, 0) is 27.5 Å². The summed E-state index contributed by atoms with van der Waals surface area (Å²) in [6.45, 7) is 1.71. The third-order valence-electron chi connectivity index (χ3n) is 5.57. The first kappa shape index (κ1) is 26.4. The lowest BCUT2D eigenvalue weighted by atomic mass is 10.1. The van der Waals surface area contributed by atoms with Crippen molar-refractivity contribution in [2.24, 2.45) is 4.99 Å². The van der Waals surface area contributed by atoms with Crippen LogP contribution in [-0.4, -0.2) is 75.0 Å². The van der Waals surface area contributed by atoms with Crippen LogP contribution in [0.3, 0.4) is 0 Å². The van der Waals surface area contributed by atoms with Gasteiger partial charge in [0.2, 0.25) is 15.9 Å². The minimum absolute atomic E-state index is 0.265. The Kier molecular flexibility index (Phi) is 8.01. The molecular formula is C24H27F3N4O3S. The van der Waals surface area contributed by atoms with Crippen LogP contribution in [0.25, 0.3) is 0 Å². The van der Waals surface area contributed by atoms with Crippen LogP contribution >= 0.6 is 0 Å². The number of amides is 1. The van der Waals surface area contributed by atoms with Gasteiger partial charge in [-0.05, 0) is 17.7 Å². The molecule has 188 valence electrons. The highest BCUT2D eigenvalue weighted by molar-refractivity contribution is 7.89. The van der Waals surface area contributed by atoms with E-state index in [4.69, 9.17) is 0 Å². The van der Waals surface area contributed by atoms with Crippen LogP contribution in [0.1, 0.15) is 16.7 Å². The number of hydrogen-bond acceptors (Lipinski definition) is 5. The van der Waals surface area contributed by atoms with Gasteiger partial charge < -0.3 is 9.80 Å². The van der Waals surface area contributed by atoms with Crippen molar-refractivity contribution in [2.45, 2.75) is 17.6 Å². The summed E-state index contributed by atoms with van der Waals surface area (Å²) in [6, 6.07) is 11.7. The SMILES string of the molecule is CN(Cc1ccc(C2=NCCN2C)cc1)C(=O)/C=C/CN(C)S(=O)(=O)c1ccccc1C(F)(F)F. The number of benzene rings is 2. The molecule has 0 radical (unpaired) electrons. The molecule has 1 heterocycles. The Morgan fingerprint density at radius 2 is 1.77 bits per heavy atom. The zero-order chi connectivity index (χ0) is 25.8. The molecule has 2 aromatic rings. The van der Waals surface area contributed by atoms with E-state index in [9.17, 15) is 26.4 Å². The molecule has 1 amide bonds. The van der Waals surface area contributed by atoms with E-state index in [1.54, 1.807) is 7.05 Å². The summed E-state index contributed by atoms with van der Waals surface area (Å²) in [4.78, 5) is 19.6. The van der Waals surface area contributed by atoms with Crippen LogP contribution < -0.4 is 0 Å². The topological polar surface area (TPSA) is 73.3 Å². The number of alkyl halides is 3. The Hall–Kier alpha value is -3.18. The second kappa shape index (κ2) is 10.6. The third-order valence-corrected chi connectivity index (χ3v) is 7.45. The summed E-state index contributed by atoms with van der Waals surface area (Å²) >= 11 is 0. The van der Waals surface area contributed by atoms with Gasteiger partial charge in [0.15, 0.2) is 0 Å². The highest BCUT2D eigenvalue weighted by Crippen LogP contribution is 2.34. The summed E-state index contributed by atoms with van der Waals surface area (Å²) < 4.78 is 65.8. The van der Waals surface area contributed by atoms with Gasteiger partial charge in [0.05, 0.1) is 17.0 Å². The van der Waals surface area contributed by atoms with E-state index >= 15 is 0 Å². The Balaban J connectivity index is 1.60. The molecule has 0 aliphatic carbocycles. The maximum Gasteiger partial charge on any atom is 0.417 e. The predicted octanol–water partition coefficient (Wildman–Crippen LogP) is 3.23. The molecule has 35 heavy (non-hydrogen) atoms. The molecule has 0 saturated heterocycles. The molecule has 2 aromatic carbocycles. The normalized spacial score (nSPS) is 14.6. The van der Waals surface area contributed by atoms with Gasteiger partial charge in [-0.15, -0.1) is 0 Å². The number of hydrogen-bond donors (Lipinski definition) is 0. The summed E-state index contributed by atoms with van der Waals surface area (Å²) in [5.41, 5.74) is 0.672. The van der Waals surface area contributed by atoms with Gasteiger partial charge in [0, 0.05) is 52.4 Å². The quantitative estimate of drug-likeness (QED) is 0.514. The van der Waals surface area contributed by atoms with E-state index in [0.717, 1.165) is 59.6 Å². The van der Waals surface area contributed by atoms with E-state index in [2.05, 4.69) is 9.89 Å². The van der Waals surface area contributed by atoms with Gasteiger partial charge in [0.25, 0.3) is 0 Å². The molecule has 0 spiro atoms. The third kappa shape index (κ3) is 6.29. The average Bonchev–Trinajstić information content (AvgIpc) is 3.24. The number of halogens is 3. The zero-order valence-electron chi connectivity index (χ0n) is 19.7. The largest absolute Gasteiger partial charge is 0.417 e. The number of aliphatic imine (C=N–C) groups is 1. The lowest BCUT2D eigenvalue weighted by molar-refractivity contribution is -0.140.